The van der Waals surface area contributed by atoms with Crippen molar-refractivity contribution in [2.24, 2.45) is 0 Å². The number of carbonyl (C=O) groups is 1. The summed E-state index contributed by atoms with van der Waals surface area (Å²) in [4.78, 5) is 11.9. The van der Waals surface area contributed by atoms with Gasteiger partial charge in [0.1, 0.15) is 5.82 Å². The highest BCUT2D eigenvalue weighted by Gasteiger charge is 2.05. The zero-order chi connectivity index (χ0) is 16.1. The van der Waals surface area contributed by atoms with Crippen LogP contribution in [0.4, 0.5) is 4.39 Å². The number of hydrogen-bond donors (Lipinski definition) is 1. The number of halogens is 2. The summed E-state index contributed by atoms with van der Waals surface area (Å²) < 4.78 is 13.2. The highest BCUT2D eigenvalue weighted by molar-refractivity contribution is 6.31. The van der Waals surface area contributed by atoms with Gasteiger partial charge in [0.15, 0.2) is 0 Å². The minimum Gasteiger partial charge on any atom is -0.352 e. The Bertz CT molecular complexity index is 627. The molecule has 2 aromatic rings. The van der Waals surface area contributed by atoms with Crippen LogP contribution in [0.2, 0.25) is 5.02 Å². The van der Waals surface area contributed by atoms with Gasteiger partial charge < -0.3 is 5.32 Å². The number of nitrogens with one attached hydrogen (secondary N) is 1. The first-order chi connectivity index (χ1) is 10.5. The third kappa shape index (κ3) is 4.57. The normalized spacial score (nSPS) is 10.5. The zero-order valence-electron chi connectivity index (χ0n) is 12.7. The number of amides is 1. The predicted molar refractivity (Wildman–Crippen MR) is 87.5 cm³/mol. The van der Waals surface area contributed by atoms with Gasteiger partial charge in [-0.2, -0.15) is 0 Å². The van der Waals surface area contributed by atoms with Crippen LogP contribution in [0.5, 0.6) is 0 Å². The average Bonchev–Trinajstić information content (AvgIpc) is 2.49. The smallest absolute Gasteiger partial charge is 0.220 e. The number of benzene rings is 2. The monoisotopic (exact) mass is 319 g/mol. The molecule has 0 spiro atoms. The molecule has 0 saturated carbocycles. The van der Waals surface area contributed by atoms with Crippen LogP contribution in [-0.4, -0.2) is 5.91 Å². The predicted octanol–water partition coefficient (Wildman–Crippen LogP) is 4.34. The van der Waals surface area contributed by atoms with Gasteiger partial charge in [0.05, 0.1) is 0 Å². The van der Waals surface area contributed by atoms with E-state index in [0.29, 0.717) is 24.9 Å². The fourth-order valence-corrected chi connectivity index (χ4v) is 2.36. The Labute approximate surface area is 135 Å². The van der Waals surface area contributed by atoms with Gasteiger partial charge in [-0.05, 0) is 54.7 Å². The van der Waals surface area contributed by atoms with Crippen molar-refractivity contribution in [1.82, 2.24) is 5.32 Å². The van der Waals surface area contributed by atoms with E-state index >= 15 is 0 Å². The van der Waals surface area contributed by atoms with E-state index < -0.39 is 0 Å². The van der Waals surface area contributed by atoms with Crippen molar-refractivity contribution >= 4 is 17.5 Å². The summed E-state index contributed by atoms with van der Waals surface area (Å²) in [6.45, 7) is 4.07. The van der Waals surface area contributed by atoms with Crippen molar-refractivity contribution in [3.63, 3.8) is 0 Å². The topological polar surface area (TPSA) is 29.1 Å². The van der Waals surface area contributed by atoms with Gasteiger partial charge in [-0.25, -0.2) is 4.39 Å². The van der Waals surface area contributed by atoms with Gasteiger partial charge in [-0.3, -0.25) is 4.79 Å². The van der Waals surface area contributed by atoms with Crippen molar-refractivity contribution in [3.05, 3.63) is 69.5 Å². The van der Waals surface area contributed by atoms with Gasteiger partial charge in [-0.15, -0.1) is 0 Å². The van der Waals surface area contributed by atoms with Crippen LogP contribution in [0.3, 0.4) is 0 Å². The first kappa shape index (κ1) is 16.5. The van der Waals surface area contributed by atoms with Crippen LogP contribution in [0.1, 0.15) is 28.7 Å². The minimum atomic E-state index is -0.230. The van der Waals surface area contributed by atoms with E-state index in [-0.39, 0.29) is 11.7 Å². The highest BCUT2D eigenvalue weighted by Crippen LogP contribution is 2.17. The van der Waals surface area contributed by atoms with Crippen LogP contribution >= 0.6 is 11.6 Å². The summed E-state index contributed by atoms with van der Waals surface area (Å²) in [5, 5.41) is 3.57. The molecule has 1 amide bonds. The lowest BCUT2D eigenvalue weighted by molar-refractivity contribution is -0.121. The lowest BCUT2D eigenvalue weighted by Gasteiger charge is -2.07. The van der Waals surface area contributed by atoms with E-state index in [1.165, 1.54) is 6.07 Å². The molecular formula is C18H19ClFNO. The molecule has 0 aliphatic rings. The summed E-state index contributed by atoms with van der Waals surface area (Å²) in [6.07, 6.45) is 1.05. The molecule has 1 N–H and O–H groups in total. The molecule has 0 fully saturated rings. The molecule has 0 radical (unpaired) electrons. The van der Waals surface area contributed by atoms with Crippen molar-refractivity contribution in [2.45, 2.75) is 33.2 Å². The van der Waals surface area contributed by atoms with Crippen LogP contribution < -0.4 is 5.32 Å². The molecule has 2 nitrogen and oxygen atoms in total. The molecular weight excluding hydrogens is 301 g/mol. The van der Waals surface area contributed by atoms with E-state index in [9.17, 15) is 9.18 Å². The van der Waals surface area contributed by atoms with E-state index in [0.717, 1.165) is 21.7 Å². The zero-order valence-corrected chi connectivity index (χ0v) is 13.5. The Balaban J connectivity index is 1.82. The summed E-state index contributed by atoms with van der Waals surface area (Å²) in [7, 11) is 0. The van der Waals surface area contributed by atoms with E-state index in [1.54, 1.807) is 19.1 Å². The molecule has 0 unspecified atom stereocenters. The Morgan fingerprint density at radius 3 is 2.50 bits per heavy atom. The van der Waals surface area contributed by atoms with Crippen molar-refractivity contribution < 1.29 is 9.18 Å². The van der Waals surface area contributed by atoms with E-state index in [4.69, 9.17) is 11.6 Å². The van der Waals surface area contributed by atoms with Crippen LogP contribution in [0.15, 0.2) is 36.4 Å². The first-order valence-electron chi connectivity index (χ1n) is 7.22. The molecule has 2 aromatic carbocycles. The van der Waals surface area contributed by atoms with E-state index in [2.05, 4.69) is 5.32 Å². The number of aryl methyl sites for hydroxylation is 3. The molecule has 0 aliphatic heterocycles. The maximum atomic E-state index is 13.2. The highest BCUT2D eigenvalue weighted by atomic mass is 35.5. The second-order valence-electron chi connectivity index (χ2n) is 5.44. The average molecular weight is 320 g/mol. The standard InChI is InChI=1S/C18H19ClFNO/c1-12-3-4-14(10-16(12)19)6-8-18(22)21-11-15-5-7-17(20)13(2)9-15/h3-5,7,9-10H,6,8,11H2,1-2H3,(H,21,22). The lowest BCUT2D eigenvalue weighted by Crippen LogP contribution is -2.23. The SMILES string of the molecule is Cc1cc(CNC(=O)CCc2ccc(C)c(Cl)c2)ccc1F. The lowest BCUT2D eigenvalue weighted by atomic mass is 10.1. The minimum absolute atomic E-state index is 0.0290. The van der Waals surface area contributed by atoms with Crippen molar-refractivity contribution in [2.75, 3.05) is 0 Å². The molecule has 0 saturated heterocycles. The van der Waals surface area contributed by atoms with Gasteiger partial charge in [0.25, 0.3) is 0 Å². The molecule has 22 heavy (non-hydrogen) atoms. The summed E-state index contributed by atoms with van der Waals surface area (Å²) in [5.74, 6) is -0.259. The number of rotatable bonds is 5. The van der Waals surface area contributed by atoms with Crippen LogP contribution in [0.25, 0.3) is 0 Å². The Hall–Kier alpha value is -1.87. The quantitative estimate of drug-likeness (QED) is 0.872. The first-order valence-corrected chi connectivity index (χ1v) is 7.60. The largest absolute Gasteiger partial charge is 0.352 e. The van der Waals surface area contributed by atoms with Gasteiger partial charge in [0.2, 0.25) is 5.91 Å². The molecule has 0 aromatic heterocycles. The molecule has 0 heterocycles. The maximum Gasteiger partial charge on any atom is 0.220 e. The van der Waals surface area contributed by atoms with E-state index in [1.807, 2.05) is 25.1 Å². The van der Waals surface area contributed by atoms with Crippen LogP contribution in [0, 0.1) is 19.7 Å². The molecule has 2 rings (SSSR count). The number of carbonyl (C=O) groups excluding carboxylic acids is 1. The third-order valence-electron chi connectivity index (χ3n) is 3.59. The Morgan fingerprint density at radius 1 is 1.09 bits per heavy atom. The summed E-state index contributed by atoms with van der Waals surface area (Å²) in [5.41, 5.74) is 3.55. The fraction of sp³-hybridized carbons (Fsp3) is 0.278. The summed E-state index contributed by atoms with van der Waals surface area (Å²) >= 11 is 6.07. The second-order valence-corrected chi connectivity index (χ2v) is 5.85. The third-order valence-corrected chi connectivity index (χ3v) is 4.00. The van der Waals surface area contributed by atoms with Gasteiger partial charge in [-0.1, -0.05) is 35.9 Å². The Morgan fingerprint density at radius 2 is 1.82 bits per heavy atom. The number of hydrogen-bond acceptors (Lipinski definition) is 1. The molecule has 0 aliphatic carbocycles. The second kappa shape index (κ2) is 7.41. The molecule has 0 atom stereocenters. The molecule has 4 heteroatoms. The fourth-order valence-electron chi connectivity index (χ4n) is 2.16. The maximum absolute atomic E-state index is 13.2. The summed E-state index contributed by atoms with van der Waals surface area (Å²) in [6, 6.07) is 10.7. The van der Waals surface area contributed by atoms with Crippen molar-refractivity contribution in [1.29, 1.82) is 0 Å². The molecule has 0 bridgehead atoms. The van der Waals surface area contributed by atoms with Gasteiger partial charge >= 0.3 is 0 Å². The Kier molecular flexibility index (Phi) is 5.56. The van der Waals surface area contributed by atoms with Crippen molar-refractivity contribution in [3.8, 4) is 0 Å². The van der Waals surface area contributed by atoms with Crippen LogP contribution in [-0.2, 0) is 17.8 Å². The molecule has 116 valence electrons. The van der Waals surface area contributed by atoms with Gasteiger partial charge in [0, 0.05) is 18.0 Å².